The first kappa shape index (κ1) is 26.4. The van der Waals surface area contributed by atoms with Crippen molar-refractivity contribution in [1.29, 1.82) is 0 Å². The van der Waals surface area contributed by atoms with Crippen molar-refractivity contribution in [3.05, 3.63) is 62.3 Å². The molecule has 1 amide bonds. The maximum absolute atomic E-state index is 14.0. The van der Waals surface area contributed by atoms with E-state index in [4.69, 9.17) is 28.3 Å². The lowest BCUT2D eigenvalue weighted by Crippen LogP contribution is -2.39. The highest BCUT2D eigenvalue weighted by Crippen LogP contribution is 2.35. The van der Waals surface area contributed by atoms with E-state index in [0.29, 0.717) is 64.2 Å². The van der Waals surface area contributed by atoms with Gasteiger partial charge in [-0.1, -0.05) is 23.2 Å². The number of amides is 1. The lowest BCUT2D eigenvalue weighted by atomic mass is 9.93. The van der Waals surface area contributed by atoms with Gasteiger partial charge in [0.25, 0.3) is 11.8 Å². The smallest absolute Gasteiger partial charge is 0.303 e. The number of carboxylic acid groups (broad SMARTS) is 1. The molecule has 1 aromatic heterocycles. The van der Waals surface area contributed by atoms with Crippen molar-refractivity contribution in [2.75, 3.05) is 13.1 Å². The van der Waals surface area contributed by atoms with Gasteiger partial charge in [-0.25, -0.2) is 8.78 Å². The van der Waals surface area contributed by atoms with Crippen LogP contribution in [0.5, 0.6) is 0 Å². The number of aromatic nitrogens is 2. The molecule has 2 aromatic carbocycles. The number of carboxylic acids is 1. The standard InChI is InChI=1S/C26H27Cl2F2N3O3/c1-14-10-17(26(3,29)30)12-19-15(2)33(31-24(14)19)13-20-21(27)5-4-18(23(20)28)25(36)32-8-6-16(7-9-32)11-22(34)35/h4-5,10,12,16H,6-9,11,13H2,1-3H3,(H,34,35). The number of aryl methyl sites for hydroxylation is 2. The Morgan fingerprint density at radius 2 is 1.83 bits per heavy atom. The van der Waals surface area contributed by atoms with Crippen molar-refractivity contribution in [3.8, 4) is 0 Å². The van der Waals surface area contributed by atoms with Gasteiger partial charge in [-0.2, -0.15) is 5.10 Å². The van der Waals surface area contributed by atoms with Crippen molar-refractivity contribution in [1.82, 2.24) is 14.7 Å². The maximum atomic E-state index is 14.0. The summed E-state index contributed by atoms with van der Waals surface area (Å²) in [6.07, 6.45) is 1.34. The first-order valence-corrected chi connectivity index (χ1v) is 12.5. The number of benzene rings is 2. The van der Waals surface area contributed by atoms with Crippen LogP contribution in [-0.2, 0) is 17.3 Å². The summed E-state index contributed by atoms with van der Waals surface area (Å²) in [6, 6.07) is 6.11. The van der Waals surface area contributed by atoms with Crippen LogP contribution in [0, 0.1) is 19.8 Å². The van der Waals surface area contributed by atoms with E-state index in [0.717, 1.165) is 6.92 Å². The van der Waals surface area contributed by atoms with Crippen LogP contribution in [0.2, 0.25) is 10.0 Å². The summed E-state index contributed by atoms with van der Waals surface area (Å²) in [5, 5.41) is 14.8. The third-order valence-corrected chi connectivity index (χ3v) is 7.68. The Morgan fingerprint density at radius 1 is 1.17 bits per heavy atom. The third kappa shape index (κ3) is 5.20. The summed E-state index contributed by atoms with van der Waals surface area (Å²) in [5.41, 5.74) is 2.68. The van der Waals surface area contributed by atoms with Gasteiger partial charge in [0.1, 0.15) is 0 Å². The molecule has 36 heavy (non-hydrogen) atoms. The lowest BCUT2D eigenvalue weighted by molar-refractivity contribution is -0.138. The number of alkyl halides is 2. The second kappa shape index (κ2) is 9.98. The Kier molecular flexibility index (Phi) is 7.30. The number of rotatable bonds is 6. The lowest BCUT2D eigenvalue weighted by Gasteiger charge is -2.31. The number of fused-ring (bicyclic) bond motifs is 1. The fourth-order valence-corrected chi connectivity index (χ4v) is 5.32. The molecule has 6 nitrogen and oxygen atoms in total. The maximum Gasteiger partial charge on any atom is 0.303 e. The molecule has 0 atom stereocenters. The van der Waals surface area contributed by atoms with E-state index < -0.39 is 11.9 Å². The van der Waals surface area contributed by atoms with Crippen LogP contribution in [-0.4, -0.2) is 44.8 Å². The van der Waals surface area contributed by atoms with E-state index in [2.05, 4.69) is 5.10 Å². The van der Waals surface area contributed by atoms with E-state index in [1.54, 1.807) is 35.6 Å². The van der Waals surface area contributed by atoms with E-state index in [1.807, 2.05) is 0 Å². The Hall–Kier alpha value is -2.71. The van der Waals surface area contributed by atoms with Crippen LogP contribution in [0.15, 0.2) is 24.3 Å². The summed E-state index contributed by atoms with van der Waals surface area (Å²) in [6.45, 7) is 5.48. The van der Waals surface area contributed by atoms with Gasteiger partial charge in [-0.15, -0.1) is 0 Å². The molecule has 2 heterocycles. The molecule has 0 unspecified atom stereocenters. The number of hydrogen-bond acceptors (Lipinski definition) is 3. The summed E-state index contributed by atoms with van der Waals surface area (Å²) < 4.78 is 29.6. The van der Waals surface area contributed by atoms with Crippen LogP contribution in [0.1, 0.15) is 58.9 Å². The van der Waals surface area contributed by atoms with Gasteiger partial charge >= 0.3 is 5.97 Å². The molecule has 0 aliphatic carbocycles. The summed E-state index contributed by atoms with van der Waals surface area (Å²) in [4.78, 5) is 25.9. The summed E-state index contributed by atoms with van der Waals surface area (Å²) in [5.74, 6) is -3.99. The van der Waals surface area contributed by atoms with Gasteiger partial charge in [0, 0.05) is 53.7 Å². The SMILES string of the molecule is Cc1cc(C(C)(F)F)cc2c(C)n(Cc3c(Cl)ccc(C(=O)N4CCC(CC(=O)O)CC4)c3Cl)nc12. The Labute approximate surface area is 217 Å². The predicted octanol–water partition coefficient (Wildman–Crippen LogP) is 6.45. The van der Waals surface area contributed by atoms with Crippen LogP contribution in [0.25, 0.3) is 10.9 Å². The number of piperidine rings is 1. The molecule has 192 valence electrons. The van der Waals surface area contributed by atoms with E-state index >= 15 is 0 Å². The molecule has 1 aliphatic heterocycles. The highest BCUT2D eigenvalue weighted by molar-refractivity contribution is 6.38. The molecule has 3 aromatic rings. The Balaban J connectivity index is 1.62. The van der Waals surface area contributed by atoms with E-state index in [9.17, 15) is 18.4 Å². The fourth-order valence-electron chi connectivity index (χ4n) is 4.75. The number of hydrogen-bond donors (Lipinski definition) is 1. The molecule has 10 heteroatoms. The molecule has 4 rings (SSSR count). The minimum Gasteiger partial charge on any atom is -0.481 e. The predicted molar refractivity (Wildman–Crippen MR) is 135 cm³/mol. The van der Waals surface area contributed by atoms with Gasteiger partial charge in [0.15, 0.2) is 0 Å². The second-order valence-corrected chi connectivity index (χ2v) is 10.3. The first-order valence-electron chi connectivity index (χ1n) is 11.7. The number of carbonyl (C=O) groups excluding carboxylic acids is 1. The average Bonchev–Trinajstić information content (AvgIpc) is 3.12. The molecular formula is C26H27Cl2F2N3O3. The van der Waals surface area contributed by atoms with Crippen LogP contribution in [0.4, 0.5) is 8.78 Å². The van der Waals surface area contributed by atoms with Crippen molar-refractivity contribution in [2.45, 2.75) is 52.5 Å². The average molecular weight is 538 g/mol. The normalized spacial score (nSPS) is 15.0. The Bertz CT molecular complexity index is 1340. The quantitative estimate of drug-likeness (QED) is 0.392. The van der Waals surface area contributed by atoms with Crippen LogP contribution < -0.4 is 0 Å². The summed E-state index contributed by atoms with van der Waals surface area (Å²) in [7, 11) is 0. The van der Waals surface area contributed by atoms with Gasteiger partial charge in [0.2, 0.25) is 0 Å². The largest absolute Gasteiger partial charge is 0.481 e. The molecule has 1 N–H and O–H groups in total. The second-order valence-electron chi connectivity index (χ2n) is 9.54. The highest BCUT2D eigenvalue weighted by Gasteiger charge is 2.28. The van der Waals surface area contributed by atoms with Gasteiger partial charge in [-0.3, -0.25) is 14.3 Å². The van der Waals surface area contributed by atoms with E-state index in [1.165, 1.54) is 12.1 Å². The zero-order valence-corrected chi connectivity index (χ0v) is 21.8. The van der Waals surface area contributed by atoms with Crippen LogP contribution in [0.3, 0.4) is 0 Å². The molecule has 0 bridgehead atoms. The summed E-state index contributed by atoms with van der Waals surface area (Å²) >= 11 is 13.2. The minimum atomic E-state index is -2.98. The Morgan fingerprint density at radius 3 is 2.44 bits per heavy atom. The molecule has 1 saturated heterocycles. The number of aliphatic carboxylic acids is 1. The van der Waals surface area contributed by atoms with Gasteiger partial charge in [0.05, 0.1) is 22.6 Å². The monoisotopic (exact) mass is 537 g/mol. The van der Waals surface area contributed by atoms with Crippen molar-refractivity contribution >= 4 is 46.0 Å². The number of nitrogens with zero attached hydrogens (tertiary/aromatic N) is 3. The topological polar surface area (TPSA) is 75.4 Å². The third-order valence-electron chi connectivity index (χ3n) is 6.89. The number of halogens is 4. The fraction of sp³-hybridized carbons (Fsp3) is 0.423. The van der Waals surface area contributed by atoms with Crippen molar-refractivity contribution in [3.63, 3.8) is 0 Å². The van der Waals surface area contributed by atoms with E-state index in [-0.39, 0.29) is 35.4 Å². The van der Waals surface area contributed by atoms with Crippen LogP contribution >= 0.6 is 23.2 Å². The number of carbonyl (C=O) groups is 2. The number of likely N-dealkylation sites (tertiary alicyclic amines) is 1. The zero-order chi connectivity index (χ0) is 26.4. The molecular weight excluding hydrogens is 511 g/mol. The minimum absolute atomic E-state index is 0.0522. The van der Waals surface area contributed by atoms with Gasteiger partial charge < -0.3 is 10.0 Å². The molecule has 1 fully saturated rings. The zero-order valence-electron chi connectivity index (χ0n) is 20.2. The molecule has 0 radical (unpaired) electrons. The highest BCUT2D eigenvalue weighted by atomic mass is 35.5. The first-order chi connectivity index (χ1) is 16.9. The molecule has 0 spiro atoms. The van der Waals surface area contributed by atoms with Gasteiger partial charge in [-0.05, 0) is 62.4 Å². The molecule has 1 aliphatic rings. The van der Waals surface area contributed by atoms with Crippen molar-refractivity contribution in [2.24, 2.45) is 5.92 Å². The van der Waals surface area contributed by atoms with Crippen molar-refractivity contribution < 1.29 is 23.5 Å². The molecule has 0 saturated carbocycles.